The van der Waals surface area contributed by atoms with E-state index in [1.807, 2.05) is 0 Å². The molecule has 3 N–H and O–H groups in total. The molecule has 0 radical (unpaired) electrons. The van der Waals surface area contributed by atoms with Crippen LogP contribution in [0.15, 0.2) is 18.2 Å². The highest BCUT2D eigenvalue weighted by atomic mass is 32.1. The maximum Gasteiger partial charge on any atom is 0.259 e. The minimum atomic E-state index is -0.176. The van der Waals surface area contributed by atoms with E-state index in [9.17, 15) is 4.79 Å². The first-order valence-electron chi connectivity index (χ1n) is 7.57. The summed E-state index contributed by atoms with van der Waals surface area (Å²) in [7, 11) is 3.15. The lowest BCUT2D eigenvalue weighted by Gasteiger charge is -2.14. The number of amides is 1. The van der Waals surface area contributed by atoms with Crippen LogP contribution in [0.1, 0.15) is 33.6 Å². The highest BCUT2D eigenvalue weighted by Gasteiger charge is 2.24. The highest BCUT2D eigenvalue weighted by molar-refractivity contribution is 7.16. The van der Waals surface area contributed by atoms with Crippen molar-refractivity contribution in [3.8, 4) is 11.5 Å². The van der Waals surface area contributed by atoms with Gasteiger partial charge in [-0.25, -0.2) is 0 Å². The number of carbonyl (C=O) groups excluding carboxylic acids is 1. The minimum Gasteiger partial charge on any atom is -0.497 e. The van der Waals surface area contributed by atoms with E-state index < -0.39 is 0 Å². The van der Waals surface area contributed by atoms with Crippen LogP contribution in [-0.4, -0.2) is 20.1 Å². The van der Waals surface area contributed by atoms with Crippen LogP contribution < -0.4 is 20.5 Å². The number of thiophene rings is 1. The van der Waals surface area contributed by atoms with Gasteiger partial charge in [-0.3, -0.25) is 4.79 Å². The number of hydrogen-bond donors (Lipinski definition) is 2. The Morgan fingerprint density at radius 1 is 1.22 bits per heavy atom. The molecular weight excluding hydrogens is 312 g/mol. The molecule has 0 spiro atoms. The van der Waals surface area contributed by atoms with Crippen molar-refractivity contribution in [3.05, 3.63) is 34.2 Å². The molecule has 5 nitrogen and oxygen atoms in total. The van der Waals surface area contributed by atoms with Crippen LogP contribution in [0, 0.1) is 0 Å². The summed E-state index contributed by atoms with van der Waals surface area (Å²) in [5, 5.41) is 3.51. The van der Waals surface area contributed by atoms with E-state index in [4.69, 9.17) is 15.2 Å². The first-order valence-corrected chi connectivity index (χ1v) is 8.39. The van der Waals surface area contributed by atoms with E-state index in [0.717, 1.165) is 24.8 Å². The average molecular weight is 332 g/mol. The fraction of sp³-hybridized carbons (Fsp3) is 0.353. The topological polar surface area (TPSA) is 73.6 Å². The van der Waals surface area contributed by atoms with E-state index >= 15 is 0 Å². The van der Waals surface area contributed by atoms with Crippen LogP contribution in [-0.2, 0) is 12.8 Å². The number of rotatable bonds is 4. The number of nitrogen functional groups attached to an aromatic ring is 1. The molecule has 0 saturated carbocycles. The molecule has 2 aromatic rings. The molecule has 6 heteroatoms. The van der Waals surface area contributed by atoms with Crippen molar-refractivity contribution in [3.63, 3.8) is 0 Å². The summed E-state index contributed by atoms with van der Waals surface area (Å²) in [6.07, 6.45) is 4.21. The van der Waals surface area contributed by atoms with Gasteiger partial charge in [-0.1, -0.05) is 0 Å². The molecule has 0 unspecified atom stereocenters. The zero-order valence-corrected chi connectivity index (χ0v) is 14.1. The summed E-state index contributed by atoms with van der Waals surface area (Å²) in [4.78, 5) is 14.0. The molecule has 0 bridgehead atoms. The third-order valence-corrected chi connectivity index (χ3v) is 5.20. The zero-order valence-electron chi connectivity index (χ0n) is 13.3. The third-order valence-electron chi connectivity index (χ3n) is 4.08. The lowest BCUT2D eigenvalue weighted by atomic mass is 9.95. The van der Waals surface area contributed by atoms with Crippen molar-refractivity contribution in [2.24, 2.45) is 0 Å². The number of carbonyl (C=O) groups is 1. The Morgan fingerprint density at radius 3 is 2.74 bits per heavy atom. The summed E-state index contributed by atoms with van der Waals surface area (Å²) in [5.74, 6) is 1.05. The summed E-state index contributed by atoms with van der Waals surface area (Å²) in [6, 6.07) is 5.29. The van der Waals surface area contributed by atoms with E-state index in [1.165, 1.54) is 22.6 Å². The molecule has 23 heavy (non-hydrogen) atoms. The van der Waals surface area contributed by atoms with Crippen LogP contribution in [0.5, 0.6) is 11.5 Å². The predicted molar refractivity (Wildman–Crippen MR) is 92.9 cm³/mol. The lowest BCUT2D eigenvalue weighted by Crippen LogP contribution is -2.16. The van der Waals surface area contributed by atoms with Gasteiger partial charge in [0, 0.05) is 10.9 Å². The molecule has 1 aliphatic rings. The van der Waals surface area contributed by atoms with E-state index in [0.29, 0.717) is 27.8 Å². The Labute approximate surface area is 139 Å². The maximum atomic E-state index is 12.7. The Bertz CT molecular complexity index is 740. The maximum absolute atomic E-state index is 12.7. The van der Waals surface area contributed by atoms with Crippen LogP contribution in [0.4, 0.5) is 10.7 Å². The summed E-state index contributed by atoms with van der Waals surface area (Å²) in [6.45, 7) is 0. The Morgan fingerprint density at radius 2 is 2.00 bits per heavy atom. The number of nitrogens with one attached hydrogen (secondary N) is 1. The van der Waals surface area contributed by atoms with Crippen molar-refractivity contribution in [2.75, 3.05) is 25.3 Å². The largest absolute Gasteiger partial charge is 0.497 e. The van der Waals surface area contributed by atoms with Gasteiger partial charge in [-0.15, -0.1) is 11.3 Å². The summed E-state index contributed by atoms with van der Waals surface area (Å²) in [5.41, 5.74) is 8.45. The number of fused-ring (bicyclic) bond motifs is 1. The van der Waals surface area contributed by atoms with Gasteiger partial charge in [0.2, 0.25) is 0 Å². The van der Waals surface area contributed by atoms with Crippen LogP contribution in [0.3, 0.4) is 0 Å². The summed E-state index contributed by atoms with van der Waals surface area (Å²) < 4.78 is 10.5. The number of ether oxygens (including phenoxy) is 2. The van der Waals surface area contributed by atoms with Crippen LogP contribution in [0.2, 0.25) is 0 Å². The van der Waals surface area contributed by atoms with Gasteiger partial charge in [0.05, 0.1) is 30.5 Å². The normalized spacial score (nSPS) is 13.3. The fourth-order valence-electron chi connectivity index (χ4n) is 2.92. The van der Waals surface area contributed by atoms with E-state index in [1.54, 1.807) is 32.4 Å². The molecule has 1 heterocycles. The predicted octanol–water partition coefficient (Wildman–Crippen LogP) is 3.48. The standard InChI is InChI=1S/C17H20N2O3S/c1-21-10-7-8-12(13(9-10)22-2)19-17(20)15-11-5-3-4-6-14(11)23-16(15)18/h7-9H,3-6,18H2,1-2H3,(H,19,20). The number of anilines is 2. The lowest BCUT2D eigenvalue weighted by molar-refractivity contribution is 0.102. The monoisotopic (exact) mass is 332 g/mol. The zero-order chi connectivity index (χ0) is 16.4. The van der Waals surface area contributed by atoms with Crippen molar-refractivity contribution in [1.29, 1.82) is 0 Å². The number of nitrogens with two attached hydrogens (primary N) is 1. The molecular formula is C17H20N2O3S. The highest BCUT2D eigenvalue weighted by Crippen LogP contribution is 2.37. The van der Waals surface area contributed by atoms with Gasteiger partial charge < -0.3 is 20.5 Å². The molecule has 0 saturated heterocycles. The Kier molecular flexibility index (Phi) is 4.43. The minimum absolute atomic E-state index is 0.176. The van der Waals surface area contributed by atoms with Crippen molar-refractivity contribution >= 4 is 27.9 Å². The molecule has 1 amide bonds. The molecule has 1 aromatic carbocycles. The Balaban J connectivity index is 1.89. The quantitative estimate of drug-likeness (QED) is 0.899. The third kappa shape index (κ3) is 2.99. The second-order valence-electron chi connectivity index (χ2n) is 5.47. The second-order valence-corrected chi connectivity index (χ2v) is 6.61. The van der Waals surface area contributed by atoms with Gasteiger partial charge >= 0.3 is 0 Å². The van der Waals surface area contributed by atoms with E-state index in [2.05, 4.69) is 5.32 Å². The SMILES string of the molecule is COc1ccc(NC(=O)c2c(N)sc3c2CCCC3)c(OC)c1. The molecule has 0 aliphatic heterocycles. The van der Waals surface area contributed by atoms with Gasteiger partial charge in [-0.2, -0.15) is 0 Å². The first kappa shape index (κ1) is 15.7. The van der Waals surface area contributed by atoms with Crippen molar-refractivity contribution in [1.82, 2.24) is 0 Å². The molecule has 0 fully saturated rings. The molecule has 3 rings (SSSR count). The van der Waals surface area contributed by atoms with Gasteiger partial charge in [0.15, 0.2) is 0 Å². The number of benzene rings is 1. The molecule has 1 aliphatic carbocycles. The van der Waals surface area contributed by atoms with Gasteiger partial charge in [0.1, 0.15) is 11.5 Å². The van der Waals surface area contributed by atoms with Gasteiger partial charge in [0.25, 0.3) is 5.91 Å². The smallest absolute Gasteiger partial charge is 0.259 e. The molecule has 1 aromatic heterocycles. The van der Waals surface area contributed by atoms with Crippen molar-refractivity contribution < 1.29 is 14.3 Å². The first-order chi connectivity index (χ1) is 11.1. The molecule has 122 valence electrons. The Hall–Kier alpha value is -2.21. The number of aryl methyl sites for hydroxylation is 1. The van der Waals surface area contributed by atoms with Crippen LogP contribution in [0.25, 0.3) is 0 Å². The number of hydrogen-bond acceptors (Lipinski definition) is 5. The molecule has 0 atom stereocenters. The average Bonchev–Trinajstić information content (AvgIpc) is 2.90. The van der Waals surface area contributed by atoms with Crippen molar-refractivity contribution in [2.45, 2.75) is 25.7 Å². The van der Waals surface area contributed by atoms with Gasteiger partial charge in [-0.05, 0) is 43.4 Å². The van der Waals surface area contributed by atoms with E-state index in [-0.39, 0.29) is 5.91 Å². The number of methoxy groups -OCH3 is 2. The summed E-state index contributed by atoms with van der Waals surface area (Å²) >= 11 is 1.54. The van der Waals surface area contributed by atoms with Crippen LogP contribution >= 0.6 is 11.3 Å². The fourth-order valence-corrected chi connectivity index (χ4v) is 4.08. The second kappa shape index (κ2) is 6.50.